The second-order valence-electron chi connectivity index (χ2n) is 9.72. The van der Waals surface area contributed by atoms with Crippen LogP contribution in [0.25, 0.3) is 11.3 Å². The molecular formula is C31H32N4O4. The summed E-state index contributed by atoms with van der Waals surface area (Å²) in [7, 11) is 0. The third-order valence-corrected chi connectivity index (χ3v) is 7.10. The third kappa shape index (κ3) is 5.80. The van der Waals surface area contributed by atoms with Gasteiger partial charge in [-0.3, -0.25) is 4.79 Å². The Balaban J connectivity index is 1.33. The fraction of sp³-hybridized carbons (Fsp3) is 0.258. The van der Waals surface area contributed by atoms with E-state index in [1.54, 1.807) is 36.4 Å². The van der Waals surface area contributed by atoms with Crippen molar-refractivity contribution in [3.63, 3.8) is 0 Å². The van der Waals surface area contributed by atoms with E-state index < -0.39 is 0 Å². The number of benzene rings is 3. The molecule has 4 aromatic rings. The Morgan fingerprint density at radius 2 is 1.82 bits per heavy atom. The maximum Gasteiger partial charge on any atom is 0.342 e. The molecule has 0 spiro atoms. The molecular weight excluding hydrogens is 492 g/mol. The summed E-state index contributed by atoms with van der Waals surface area (Å²) in [5.41, 5.74) is 4.91. The van der Waals surface area contributed by atoms with Gasteiger partial charge < -0.3 is 20.5 Å². The molecule has 200 valence electrons. The summed E-state index contributed by atoms with van der Waals surface area (Å²) in [6.45, 7) is 4.87. The monoisotopic (exact) mass is 524 g/mol. The minimum atomic E-state index is -0.301. The molecule has 1 fully saturated rings. The molecule has 0 unspecified atom stereocenters. The van der Waals surface area contributed by atoms with Crippen molar-refractivity contribution in [1.82, 2.24) is 15.1 Å². The number of aromatic nitrogens is 2. The summed E-state index contributed by atoms with van der Waals surface area (Å²) in [6.07, 6.45) is 3.11. The number of aromatic hydroxyl groups is 1. The largest absolute Gasteiger partial charge is 0.507 e. The number of rotatable bonds is 8. The highest BCUT2D eigenvalue weighted by molar-refractivity contribution is 6.04. The Kier molecular flexibility index (Phi) is 7.63. The second kappa shape index (κ2) is 11.4. The zero-order chi connectivity index (χ0) is 27.4. The number of amides is 2. The number of phenols is 1. The fourth-order valence-electron chi connectivity index (χ4n) is 4.64. The number of nitrogens with zero attached hydrogens (tertiary/aromatic N) is 2. The van der Waals surface area contributed by atoms with Crippen molar-refractivity contribution in [2.45, 2.75) is 45.6 Å². The molecule has 3 aromatic carbocycles. The molecule has 39 heavy (non-hydrogen) atoms. The lowest BCUT2D eigenvalue weighted by atomic mass is 9.82. The smallest absolute Gasteiger partial charge is 0.342 e. The van der Waals surface area contributed by atoms with Crippen LogP contribution >= 0.6 is 0 Å². The summed E-state index contributed by atoms with van der Waals surface area (Å²) in [6, 6.07) is 21.3. The van der Waals surface area contributed by atoms with Crippen LogP contribution in [-0.2, 0) is 6.54 Å². The first-order valence-corrected chi connectivity index (χ1v) is 13.2. The van der Waals surface area contributed by atoms with Gasteiger partial charge in [0.15, 0.2) is 0 Å². The second-order valence-corrected chi connectivity index (χ2v) is 9.72. The molecule has 1 heterocycles. The molecule has 1 aliphatic rings. The Morgan fingerprint density at radius 3 is 2.49 bits per heavy atom. The molecule has 0 atom stereocenters. The number of anilines is 1. The molecule has 5 rings (SSSR count). The lowest BCUT2D eigenvalue weighted by Crippen LogP contribution is -2.31. The van der Waals surface area contributed by atoms with Crippen molar-refractivity contribution in [2.75, 3.05) is 11.9 Å². The van der Waals surface area contributed by atoms with E-state index in [0.29, 0.717) is 41.4 Å². The van der Waals surface area contributed by atoms with E-state index >= 15 is 0 Å². The molecule has 0 saturated heterocycles. The van der Waals surface area contributed by atoms with E-state index in [2.05, 4.69) is 15.7 Å². The van der Waals surface area contributed by atoms with Crippen molar-refractivity contribution in [3.05, 3.63) is 95.2 Å². The number of ether oxygens (including phenoxy) is 1. The zero-order valence-corrected chi connectivity index (χ0v) is 22.1. The standard InChI is InChI=1S/C31H32N4O4/c1-3-39-25-14-11-22(12-15-25)30(37)33-24-13-16-26(29(36)17-24)27-18-28(21-9-6-10-21)35(34-27)31(38)32-19-23-8-5-4-7-20(23)2/h4-5,7-8,11-18,21,36H,3,6,9-10,19H2,1-2H3,(H,32,38)(H,33,37). The van der Waals surface area contributed by atoms with Crippen LogP contribution in [0.1, 0.15) is 59.3 Å². The highest BCUT2D eigenvalue weighted by Crippen LogP contribution is 2.39. The van der Waals surface area contributed by atoms with Gasteiger partial charge in [0, 0.05) is 35.3 Å². The zero-order valence-electron chi connectivity index (χ0n) is 22.1. The number of phenolic OH excluding ortho intramolecular Hbond substituents is 1. The van der Waals surface area contributed by atoms with Crippen molar-refractivity contribution < 1.29 is 19.4 Å². The molecule has 1 aromatic heterocycles. The molecule has 3 N–H and O–H groups in total. The van der Waals surface area contributed by atoms with Gasteiger partial charge in [-0.15, -0.1) is 0 Å². The number of carbonyl (C=O) groups is 2. The van der Waals surface area contributed by atoms with E-state index in [1.807, 2.05) is 44.2 Å². The predicted octanol–water partition coefficient (Wildman–Crippen LogP) is 6.24. The van der Waals surface area contributed by atoms with Crippen LogP contribution in [0.4, 0.5) is 10.5 Å². The minimum Gasteiger partial charge on any atom is -0.507 e. The molecule has 1 aliphatic carbocycles. The first kappa shape index (κ1) is 26.0. The number of aryl methyl sites for hydroxylation is 1. The Hall–Kier alpha value is -4.59. The van der Waals surface area contributed by atoms with Gasteiger partial charge in [-0.05, 0) is 80.3 Å². The van der Waals surface area contributed by atoms with E-state index in [-0.39, 0.29) is 23.6 Å². The van der Waals surface area contributed by atoms with Gasteiger partial charge in [-0.25, -0.2) is 4.79 Å². The van der Waals surface area contributed by atoms with Crippen molar-refractivity contribution in [3.8, 4) is 22.8 Å². The van der Waals surface area contributed by atoms with Crippen LogP contribution in [0.5, 0.6) is 11.5 Å². The third-order valence-electron chi connectivity index (χ3n) is 7.10. The average molecular weight is 525 g/mol. The van der Waals surface area contributed by atoms with Crippen LogP contribution in [0.2, 0.25) is 0 Å². The van der Waals surface area contributed by atoms with Gasteiger partial charge in [0.2, 0.25) is 0 Å². The van der Waals surface area contributed by atoms with Gasteiger partial charge in [0.1, 0.15) is 11.5 Å². The van der Waals surface area contributed by atoms with Gasteiger partial charge in [-0.2, -0.15) is 9.78 Å². The lowest BCUT2D eigenvalue weighted by Gasteiger charge is -2.25. The van der Waals surface area contributed by atoms with Crippen LogP contribution in [0.3, 0.4) is 0 Å². The molecule has 1 saturated carbocycles. The molecule has 8 nitrogen and oxygen atoms in total. The van der Waals surface area contributed by atoms with Crippen molar-refractivity contribution in [1.29, 1.82) is 0 Å². The topological polar surface area (TPSA) is 105 Å². The van der Waals surface area contributed by atoms with E-state index in [4.69, 9.17) is 4.74 Å². The predicted molar refractivity (Wildman–Crippen MR) is 150 cm³/mol. The molecule has 0 radical (unpaired) electrons. The van der Waals surface area contributed by atoms with Crippen molar-refractivity contribution >= 4 is 17.6 Å². The van der Waals surface area contributed by atoms with Crippen LogP contribution in [0, 0.1) is 6.92 Å². The van der Waals surface area contributed by atoms with E-state index in [9.17, 15) is 14.7 Å². The van der Waals surface area contributed by atoms with Gasteiger partial charge in [0.25, 0.3) is 5.91 Å². The summed E-state index contributed by atoms with van der Waals surface area (Å²) in [4.78, 5) is 25.8. The molecule has 0 bridgehead atoms. The van der Waals surface area contributed by atoms with Crippen LogP contribution in [-0.4, -0.2) is 33.4 Å². The first-order valence-electron chi connectivity index (χ1n) is 13.2. The van der Waals surface area contributed by atoms with Crippen molar-refractivity contribution in [2.24, 2.45) is 0 Å². The summed E-state index contributed by atoms with van der Waals surface area (Å²) in [5.74, 6) is 0.614. The number of hydrogen-bond acceptors (Lipinski definition) is 5. The van der Waals surface area contributed by atoms with Crippen LogP contribution in [0.15, 0.2) is 72.8 Å². The quantitative estimate of drug-likeness (QED) is 0.253. The Labute approximate surface area is 227 Å². The fourth-order valence-corrected chi connectivity index (χ4v) is 4.64. The highest BCUT2D eigenvalue weighted by atomic mass is 16.5. The number of nitrogens with one attached hydrogen (secondary N) is 2. The van der Waals surface area contributed by atoms with Gasteiger partial charge in [0.05, 0.1) is 18.0 Å². The summed E-state index contributed by atoms with van der Waals surface area (Å²) >= 11 is 0. The maximum atomic E-state index is 13.2. The van der Waals surface area contributed by atoms with Gasteiger partial charge in [-0.1, -0.05) is 30.7 Å². The number of hydrogen-bond donors (Lipinski definition) is 3. The Morgan fingerprint density at radius 1 is 1.05 bits per heavy atom. The molecule has 8 heteroatoms. The normalized spacial score (nSPS) is 13.0. The first-order chi connectivity index (χ1) is 18.9. The minimum absolute atomic E-state index is 0.0374. The summed E-state index contributed by atoms with van der Waals surface area (Å²) in [5, 5.41) is 21.2. The SMILES string of the molecule is CCOc1ccc(C(=O)Nc2ccc(-c3cc(C4CCC4)n(C(=O)NCc4ccccc4C)n3)c(O)c2)cc1. The average Bonchev–Trinajstić information content (AvgIpc) is 3.32. The van der Waals surface area contributed by atoms with E-state index in [0.717, 1.165) is 36.1 Å². The Bertz CT molecular complexity index is 1490. The molecule has 0 aliphatic heterocycles. The van der Waals surface area contributed by atoms with Crippen LogP contribution < -0.4 is 15.4 Å². The maximum absolute atomic E-state index is 13.2. The lowest BCUT2D eigenvalue weighted by molar-refractivity contribution is 0.102. The highest BCUT2D eigenvalue weighted by Gasteiger charge is 2.27. The van der Waals surface area contributed by atoms with E-state index in [1.165, 1.54) is 10.7 Å². The summed E-state index contributed by atoms with van der Waals surface area (Å²) < 4.78 is 6.85. The number of carbonyl (C=O) groups excluding carboxylic acids is 2. The molecule has 2 amide bonds. The van der Waals surface area contributed by atoms with Gasteiger partial charge >= 0.3 is 6.03 Å².